The van der Waals surface area contributed by atoms with E-state index in [-0.39, 0.29) is 97.4 Å². The van der Waals surface area contributed by atoms with Gasteiger partial charge in [-0.3, -0.25) is 0 Å². The van der Waals surface area contributed by atoms with Gasteiger partial charge in [0.1, 0.15) is 0 Å². The SMILES string of the molecule is O.O.O.O.O.O.O.O=S(=O)(O)O[As](=O)([O-])[O-].[Na+].[Na+]. The van der Waals surface area contributed by atoms with Crippen LogP contribution < -0.4 is 67.3 Å². The summed E-state index contributed by atoms with van der Waals surface area (Å²) in [5.74, 6) is 0. The average molecular weight is 392 g/mol. The van der Waals surface area contributed by atoms with Crippen molar-refractivity contribution in [3.8, 4) is 0 Å². The van der Waals surface area contributed by atoms with E-state index in [1.807, 2.05) is 0 Å². The third-order valence-electron chi connectivity index (χ3n) is 0.185. The van der Waals surface area contributed by atoms with Gasteiger partial charge in [-0.1, -0.05) is 0 Å². The molecule has 112 valence electrons. The molecule has 0 unspecified atom stereocenters. The first-order valence-electron chi connectivity index (χ1n) is 1.41. The second-order valence-corrected chi connectivity index (χ2v) is 4.77. The molecule has 0 bridgehead atoms. The fourth-order valence-electron chi connectivity index (χ4n) is 0.115. The van der Waals surface area contributed by atoms with Crippen molar-refractivity contribution in [3.05, 3.63) is 0 Å². The van der Waals surface area contributed by atoms with E-state index >= 15 is 0 Å². The van der Waals surface area contributed by atoms with Crippen LogP contribution in [0.3, 0.4) is 0 Å². The van der Waals surface area contributed by atoms with Crippen molar-refractivity contribution in [1.82, 2.24) is 0 Å². The summed E-state index contributed by atoms with van der Waals surface area (Å²) in [6, 6.07) is 0. The summed E-state index contributed by atoms with van der Waals surface area (Å²) in [4.78, 5) is 0. The van der Waals surface area contributed by atoms with Gasteiger partial charge in [-0.05, 0) is 0 Å². The summed E-state index contributed by atoms with van der Waals surface area (Å²) in [5.41, 5.74) is 0. The number of hydrogen-bond donors (Lipinski definition) is 1. The van der Waals surface area contributed by atoms with Crippen LogP contribution in [0.1, 0.15) is 0 Å². The maximum atomic E-state index is 9.42. The van der Waals surface area contributed by atoms with Gasteiger partial charge in [0.2, 0.25) is 0 Å². The molecule has 0 radical (unpaired) electrons. The molecule has 0 spiro atoms. The Morgan fingerprint density at radius 1 is 0.833 bits per heavy atom. The second-order valence-electron chi connectivity index (χ2n) is 0.949. The van der Waals surface area contributed by atoms with Crippen molar-refractivity contribution >= 4 is 24.9 Å². The van der Waals surface area contributed by atoms with Crippen LogP contribution in [-0.2, 0) is 17.3 Å². The van der Waals surface area contributed by atoms with Gasteiger partial charge in [-0.2, -0.15) is 0 Å². The summed E-state index contributed by atoms with van der Waals surface area (Å²) in [7, 11) is -5.14. The van der Waals surface area contributed by atoms with Crippen molar-refractivity contribution in [2.75, 3.05) is 0 Å². The minimum atomic E-state index is -6.18. The van der Waals surface area contributed by atoms with Crippen LogP contribution >= 0.6 is 0 Å². The first-order chi connectivity index (χ1) is 3.71. The Hall–Kier alpha value is 1.87. The van der Waals surface area contributed by atoms with Crippen molar-refractivity contribution in [1.29, 1.82) is 0 Å². The van der Waals surface area contributed by atoms with E-state index in [4.69, 9.17) is 4.55 Å². The second kappa shape index (κ2) is 27.3. The van der Waals surface area contributed by atoms with Gasteiger partial charge in [-0.25, -0.2) is 0 Å². The van der Waals surface area contributed by atoms with E-state index in [1.54, 1.807) is 0 Å². The molecule has 15 N–H and O–H groups in total. The Balaban J connectivity index is -0.00000000889. The van der Waals surface area contributed by atoms with Crippen molar-refractivity contribution < 1.29 is 126 Å². The van der Waals surface area contributed by atoms with Crippen molar-refractivity contribution in [2.45, 2.75) is 0 Å². The van der Waals surface area contributed by atoms with Crippen LogP contribution in [0.25, 0.3) is 0 Å². The molecule has 0 atom stereocenters. The van der Waals surface area contributed by atoms with Crippen LogP contribution in [0.2, 0.25) is 0 Å². The van der Waals surface area contributed by atoms with Gasteiger partial charge < -0.3 is 38.3 Å². The molecule has 0 saturated carbocycles. The van der Waals surface area contributed by atoms with Crippen LogP contribution in [0.5, 0.6) is 0 Å². The van der Waals surface area contributed by atoms with E-state index in [9.17, 15) is 20.3 Å². The van der Waals surface area contributed by atoms with Crippen LogP contribution in [-0.4, -0.2) is 65.8 Å². The fourth-order valence-corrected chi connectivity index (χ4v) is 1.80. The van der Waals surface area contributed by atoms with Crippen LogP contribution in [0.4, 0.5) is 0 Å². The third-order valence-corrected chi connectivity index (χ3v) is 2.89. The minimum Gasteiger partial charge on any atom is 1.00 e. The molecule has 0 heterocycles. The third kappa shape index (κ3) is 82.1. The molecule has 0 amide bonds. The Kier molecular flexibility index (Phi) is 110. The summed E-state index contributed by atoms with van der Waals surface area (Å²) < 4.78 is 57.3. The van der Waals surface area contributed by atoms with E-state index in [1.165, 1.54) is 0 Å². The first-order valence-corrected chi connectivity index (χ1v) is 5.84. The number of hydrogen-bond acceptors (Lipinski definition) is 6. The molecule has 0 aliphatic carbocycles. The molecule has 18 heavy (non-hydrogen) atoms. The molecule has 0 aliphatic rings. The molecule has 0 aromatic rings. The topological polar surface area (TPSA) is 347 Å². The molecule has 0 rings (SSSR count). The van der Waals surface area contributed by atoms with E-state index < -0.39 is 24.9 Å². The summed E-state index contributed by atoms with van der Waals surface area (Å²) in [6.45, 7) is 0. The first kappa shape index (κ1) is 72.6. The smallest absolute Gasteiger partial charge is 1.00 e. The van der Waals surface area contributed by atoms with Crippen molar-refractivity contribution in [3.63, 3.8) is 0 Å². The predicted octanol–water partition coefficient (Wildman–Crippen LogP) is -15.4. The van der Waals surface area contributed by atoms with Gasteiger partial charge in [0, 0.05) is 0 Å². The van der Waals surface area contributed by atoms with E-state index in [2.05, 4.69) is 3.17 Å². The van der Waals surface area contributed by atoms with Gasteiger partial charge in [-0.15, -0.1) is 0 Å². The molecular weight excluding hydrogens is 377 g/mol. The maximum Gasteiger partial charge on any atom is 1.00 e. The molecule has 14 nitrogen and oxygen atoms in total. The summed E-state index contributed by atoms with van der Waals surface area (Å²) in [5, 5.41) is 0. The Labute approximate surface area is 149 Å². The van der Waals surface area contributed by atoms with Gasteiger partial charge in [0.05, 0.1) is 0 Å². The maximum absolute atomic E-state index is 9.42. The average Bonchev–Trinajstić information content (AvgIpc) is 1.14. The largest absolute Gasteiger partial charge is 1.00 e. The quantitative estimate of drug-likeness (QED) is 0.348. The summed E-state index contributed by atoms with van der Waals surface area (Å²) in [6.07, 6.45) is 0. The number of rotatable bonds is 2. The van der Waals surface area contributed by atoms with E-state index in [0.29, 0.717) is 0 Å². The zero-order valence-corrected chi connectivity index (χ0v) is 15.9. The van der Waals surface area contributed by atoms with Crippen LogP contribution in [0, 0.1) is 0 Å². The molecule has 18 heteroatoms. The van der Waals surface area contributed by atoms with Gasteiger partial charge in [0.25, 0.3) is 0 Å². The predicted molar refractivity (Wildman–Crippen MR) is 44.4 cm³/mol. The van der Waals surface area contributed by atoms with Gasteiger partial charge in [0.15, 0.2) is 0 Å². The van der Waals surface area contributed by atoms with E-state index in [0.717, 1.165) is 0 Å². The minimum absolute atomic E-state index is 0. The standard InChI is InChI=1S/AsH3O7S.2Na.7H2O/c2-1(3,4)8-9(5,6)7;;;;;;;;;/h(H2,2,3,4)(H,5,6,7);;;7*1H2/q;2*+1;;;;;;;/p-2. The Bertz CT molecular complexity index is 226. The molecule has 0 aromatic heterocycles. The molecule has 0 saturated heterocycles. The van der Waals surface area contributed by atoms with Crippen LogP contribution in [0.15, 0.2) is 0 Å². The molecular formula is H15AsNa2O14S. The monoisotopic (exact) mass is 392 g/mol. The molecule has 0 aromatic carbocycles. The molecule has 0 aliphatic heterocycles. The zero-order valence-electron chi connectivity index (χ0n) is 9.25. The Morgan fingerprint density at radius 2 is 1.00 bits per heavy atom. The fraction of sp³-hybridized carbons (Fsp3) is 0. The normalized spacial score (nSPS) is 6.83. The Morgan fingerprint density at radius 3 is 1.00 bits per heavy atom. The summed E-state index contributed by atoms with van der Waals surface area (Å²) >= 11 is -6.18. The van der Waals surface area contributed by atoms with Gasteiger partial charge >= 0.3 is 112 Å². The zero-order chi connectivity index (χ0) is 7.71. The van der Waals surface area contributed by atoms with Crippen molar-refractivity contribution in [2.24, 2.45) is 0 Å². The molecule has 0 fully saturated rings.